The molecule has 3 heteroatoms. The van der Waals surface area contributed by atoms with Crippen LogP contribution in [0.4, 0.5) is 0 Å². The molecule has 31 heavy (non-hydrogen) atoms. The van der Waals surface area contributed by atoms with Crippen LogP contribution in [0.3, 0.4) is 0 Å². The molecule has 5 rings (SSSR count). The summed E-state index contributed by atoms with van der Waals surface area (Å²) in [6.07, 6.45) is 2.86. The maximum atomic E-state index is 13.6. The van der Waals surface area contributed by atoms with Crippen LogP contribution in [-0.4, -0.2) is 9.55 Å². The molecular formula is C28H26N2O. The number of hydrogen-bond donors (Lipinski definition) is 0. The summed E-state index contributed by atoms with van der Waals surface area (Å²) in [7, 11) is 0. The minimum Gasteiger partial charge on any atom is -0.269 e. The molecule has 1 fully saturated rings. The second-order valence-electron chi connectivity index (χ2n) is 8.46. The number of benzene rings is 3. The summed E-state index contributed by atoms with van der Waals surface area (Å²) in [5.74, 6) is 1.19. The third kappa shape index (κ3) is 3.84. The average molecular weight is 407 g/mol. The lowest BCUT2D eigenvalue weighted by Crippen LogP contribution is -2.28. The highest BCUT2D eigenvalue weighted by Gasteiger charge is 2.30. The fraction of sp³-hybridized carbons (Fsp3) is 0.214. The van der Waals surface area contributed by atoms with E-state index in [-0.39, 0.29) is 5.56 Å². The largest absolute Gasteiger partial charge is 0.269 e. The van der Waals surface area contributed by atoms with Gasteiger partial charge in [0.1, 0.15) is 5.82 Å². The molecule has 0 radical (unpaired) electrons. The maximum Gasteiger partial charge on any atom is 0.261 e. The van der Waals surface area contributed by atoms with Gasteiger partial charge in [-0.25, -0.2) is 4.98 Å². The highest BCUT2D eigenvalue weighted by molar-refractivity contribution is 5.67. The lowest BCUT2D eigenvalue weighted by atomic mass is 9.97. The first-order valence-corrected chi connectivity index (χ1v) is 10.9. The van der Waals surface area contributed by atoms with Crippen molar-refractivity contribution in [2.75, 3.05) is 0 Å². The van der Waals surface area contributed by atoms with Gasteiger partial charge >= 0.3 is 0 Å². The van der Waals surface area contributed by atoms with E-state index in [1.807, 2.05) is 37.3 Å². The number of rotatable bonds is 5. The number of aromatic nitrogens is 2. The van der Waals surface area contributed by atoms with E-state index in [9.17, 15) is 4.79 Å². The van der Waals surface area contributed by atoms with E-state index in [0.717, 1.165) is 41.2 Å². The van der Waals surface area contributed by atoms with E-state index in [4.69, 9.17) is 4.98 Å². The fourth-order valence-electron chi connectivity index (χ4n) is 4.33. The molecule has 1 aromatic heterocycles. The number of hydrogen-bond acceptors (Lipinski definition) is 2. The van der Waals surface area contributed by atoms with Crippen molar-refractivity contribution in [1.82, 2.24) is 9.55 Å². The first kappa shape index (κ1) is 19.5. The van der Waals surface area contributed by atoms with Crippen molar-refractivity contribution in [2.24, 2.45) is 0 Å². The summed E-state index contributed by atoms with van der Waals surface area (Å²) < 4.78 is 1.75. The monoisotopic (exact) mass is 406 g/mol. The molecule has 0 unspecified atom stereocenters. The highest BCUT2D eigenvalue weighted by atomic mass is 16.1. The van der Waals surface area contributed by atoms with Crippen LogP contribution in [0.25, 0.3) is 16.8 Å². The van der Waals surface area contributed by atoms with Crippen molar-refractivity contribution >= 4 is 0 Å². The van der Waals surface area contributed by atoms with E-state index >= 15 is 0 Å². The highest BCUT2D eigenvalue weighted by Crippen LogP contribution is 2.40. The average Bonchev–Trinajstić information content (AvgIpc) is 3.63. The second kappa shape index (κ2) is 7.99. The van der Waals surface area contributed by atoms with Gasteiger partial charge in [0.25, 0.3) is 5.56 Å². The molecule has 0 spiro atoms. The quantitative estimate of drug-likeness (QED) is 0.408. The number of aryl methyl sites for hydroxylation is 2. The van der Waals surface area contributed by atoms with Crippen LogP contribution in [0, 0.1) is 13.8 Å². The molecule has 1 aliphatic rings. The summed E-state index contributed by atoms with van der Waals surface area (Å²) in [6, 6.07) is 26.8. The summed E-state index contributed by atoms with van der Waals surface area (Å²) in [4.78, 5) is 18.5. The molecule has 3 aromatic carbocycles. The molecule has 3 nitrogen and oxygen atoms in total. The molecule has 0 bridgehead atoms. The standard InChI is InChI=1S/C28H26N2O/c1-19-8-6-7-11-25(19)22-14-12-21(13-15-22)18-26-27(23-16-17-23)29-20(2)30(28(26)31)24-9-4-3-5-10-24/h3-15,23H,16-18H2,1-2H3. The molecule has 0 atom stereocenters. The van der Waals surface area contributed by atoms with Gasteiger partial charge in [-0.1, -0.05) is 66.7 Å². The van der Waals surface area contributed by atoms with Crippen LogP contribution in [0.15, 0.2) is 83.7 Å². The molecule has 0 aliphatic heterocycles. The summed E-state index contributed by atoms with van der Waals surface area (Å²) in [6.45, 7) is 4.07. The lowest BCUT2D eigenvalue weighted by Gasteiger charge is -2.15. The van der Waals surface area contributed by atoms with Crippen molar-refractivity contribution in [3.63, 3.8) is 0 Å². The fourth-order valence-corrected chi connectivity index (χ4v) is 4.33. The Bertz CT molecular complexity index is 1280. The van der Waals surface area contributed by atoms with E-state index in [1.54, 1.807) is 4.57 Å². The zero-order valence-electron chi connectivity index (χ0n) is 18.0. The van der Waals surface area contributed by atoms with Crippen LogP contribution in [0.5, 0.6) is 0 Å². The first-order valence-electron chi connectivity index (χ1n) is 10.9. The Balaban J connectivity index is 1.54. The van der Waals surface area contributed by atoms with Gasteiger partial charge in [0.15, 0.2) is 0 Å². The van der Waals surface area contributed by atoms with Gasteiger partial charge in [0, 0.05) is 17.9 Å². The van der Waals surface area contributed by atoms with Crippen molar-refractivity contribution in [3.8, 4) is 16.8 Å². The van der Waals surface area contributed by atoms with Gasteiger partial charge in [-0.15, -0.1) is 0 Å². The topological polar surface area (TPSA) is 34.9 Å². The van der Waals surface area contributed by atoms with Gasteiger partial charge in [0.05, 0.1) is 11.4 Å². The van der Waals surface area contributed by atoms with Crippen molar-refractivity contribution in [3.05, 3.63) is 117 Å². The molecule has 1 aliphatic carbocycles. The normalized spacial score (nSPS) is 13.4. The van der Waals surface area contributed by atoms with Gasteiger partial charge < -0.3 is 0 Å². The Morgan fingerprint density at radius 1 is 0.871 bits per heavy atom. The smallest absolute Gasteiger partial charge is 0.261 e. The van der Waals surface area contributed by atoms with E-state index in [0.29, 0.717) is 12.3 Å². The van der Waals surface area contributed by atoms with Crippen LogP contribution < -0.4 is 5.56 Å². The predicted molar refractivity (Wildman–Crippen MR) is 126 cm³/mol. The molecular weight excluding hydrogens is 380 g/mol. The lowest BCUT2D eigenvalue weighted by molar-refractivity contribution is 0.799. The van der Waals surface area contributed by atoms with Gasteiger partial charge in [-0.2, -0.15) is 0 Å². The molecule has 154 valence electrons. The van der Waals surface area contributed by atoms with Gasteiger partial charge in [-0.05, 0) is 61.1 Å². The SMILES string of the molecule is Cc1ccccc1-c1ccc(Cc2c(C3CC3)nc(C)n(-c3ccccc3)c2=O)cc1. The molecule has 4 aromatic rings. The Morgan fingerprint density at radius 2 is 1.55 bits per heavy atom. The maximum absolute atomic E-state index is 13.6. The predicted octanol–water partition coefficient (Wildman–Crippen LogP) is 5.98. The van der Waals surface area contributed by atoms with Crippen molar-refractivity contribution in [1.29, 1.82) is 0 Å². The Kier molecular flexibility index (Phi) is 5.03. The zero-order valence-corrected chi connectivity index (χ0v) is 18.0. The van der Waals surface area contributed by atoms with E-state index < -0.39 is 0 Å². The molecule has 0 saturated heterocycles. The summed E-state index contributed by atoms with van der Waals surface area (Å²) in [5.41, 5.74) is 7.61. The molecule has 0 amide bonds. The minimum atomic E-state index is 0.0589. The van der Waals surface area contributed by atoms with Gasteiger partial charge in [-0.3, -0.25) is 9.36 Å². The summed E-state index contributed by atoms with van der Waals surface area (Å²) >= 11 is 0. The van der Waals surface area contributed by atoms with Crippen LogP contribution >= 0.6 is 0 Å². The van der Waals surface area contributed by atoms with Crippen LogP contribution in [0.1, 0.15) is 47.0 Å². The van der Waals surface area contributed by atoms with Gasteiger partial charge in [0.2, 0.25) is 0 Å². The third-order valence-corrected chi connectivity index (χ3v) is 6.15. The summed E-state index contributed by atoms with van der Waals surface area (Å²) in [5, 5.41) is 0. The molecule has 0 N–H and O–H groups in total. The number of nitrogens with zero attached hydrogens (tertiary/aromatic N) is 2. The Morgan fingerprint density at radius 3 is 2.23 bits per heavy atom. The van der Waals surface area contributed by atoms with Crippen LogP contribution in [-0.2, 0) is 6.42 Å². The Labute approximate surface area is 183 Å². The van der Waals surface area contributed by atoms with E-state index in [2.05, 4.69) is 55.5 Å². The first-order chi connectivity index (χ1) is 15.1. The van der Waals surface area contributed by atoms with Crippen molar-refractivity contribution in [2.45, 2.75) is 39.0 Å². The second-order valence-corrected chi connectivity index (χ2v) is 8.46. The zero-order chi connectivity index (χ0) is 21.4. The number of para-hydroxylation sites is 1. The minimum absolute atomic E-state index is 0.0589. The molecule has 1 saturated carbocycles. The third-order valence-electron chi connectivity index (χ3n) is 6.15. The Hall–Kier alpha value is -3.46. The van der Waals surface area contributed by atoms with Crippen LogP contribution in [0.2, 0.25) is 0 Å². The molecule has 1 heterocycles. The van der Waals surface area contributed by atoms with Crippen molar-refractivity contribution < 1.29 is 0 Å². The van der Waals surface area contributed by atoms with E-state index in [1.165, 1.54) is 16.7 Å².